The molecule has 1 saturated heterocycles. The minimum absolute atomic E-state index is 0.0228. The zero-order valence-corrected chi connectivity index (χ0v) is 35.9. The Kier molecular flexibility index (Phi) is 12.7. The molecule has 2 fully saturated rings. The number of para-hydroxylation sites is 1. The van der Waals surface area contributed by atoms with Crippen LogP contribution in [0.5, 0.6) is 11.8 Å². The monoisotopic (exact) mass is 835 g/mol. The van der Waals surface area contributed by atoms with E-state index in [4.69, 9.17) is 19.2 Å². The van der Waals surface area contributed by atoms with Crippen LogP contribution in [0.3, 0.4) is 0 Å². The van der Waals surface area contributed by atoms with Crippen molar-refractivity contribution in [2.75, 3.05) is 27.7 Å². The predicted molar refractivity (Wildman–Crippen MR) is 222 cm³/mol. The standard InChI is InChI=1S/C42H57N7O9S/c1-26(2)49-33-21-15-19-31(27-16-14-18-29(22-27)56-8)35(33)44-39(49)57-30-23-34-36(50)45-42(38(52)46-59(54,55)47(6)7)24-28(42)17-12-10-9-11-13-20-32(37(51)48(34)25-30)43-40(53)58-41(3,4)5/h12,14-19,21-22,26,28,30,32,34H,9-11,13,20,23-25H2,1-8H3,(H,43,53)(H,45,50)(H,46,52)/b17-12-/t28-,30-,32+,34+,42-/m1/s1. The van der Waals surface area contributed by atoms with Crippen LogP contribution in [0, 0.1) is 5.92 Å². The molecule has 17 heteroatoms. The second kappa shape index (κ2) is 17.2. The van der Waals surface area contributed by atoms with E-state index in [1.54, 1.807) is 27.9 Å². The topological polar surface area (TPSA) is 190 Å². The van der Waals surface area contributed by atoms with Crippen molar-refractivity contribution >= 4 is 45.1 Å². The Bertz CT molecular complexity index is 2210. The number of hydrogen-bond acceptors (Lipinski definition) is 10. The Morgan fingerprint density at radius 2 is 1.81 bits per heavy atom. The number of allylic oxidation sites excluding steroid dienone is 1. The molecule has 59 heavy (non-hydrogen) atoms. The van der Waals surface area contributed by atoms with Crippen molar-refractivity contribution in [2.45, 2.75) is 115 Å². The molecule has 1 aromatic heterocycles. The van der Waals surface area contributed by atoms with E-state index in [0.29, 0.717) is 36.5 Å². The van der Waals surface area contributed by atoms with Crippen LogP contribution in [-0.2, 0) is 29.3 Å². The summed E-state index contributed by atoms with van der Waals surface area (Å²) in [5, 5.41) is 5.63. The summed E-state index contributed by atoms with van der Waals surface area (Å²) in [6.45, 7) is 9.17. The first kappa shape index (κ1) is 43.4. The average Bonchev–Trinajstić information content (AvgIpc) is 3.48. The van der Waals surface area contributed by atoms with Gasteiger partial charge in [0, 0.05) is 38.0 Å². The van der Waals surface area contributed by atoms with Gasteiger partial charge >= 0.3 is 16.3 Å². The molecule has 0 bridgehead atoms. The zero-order chi connectivity index (χ0) is 42.9. The third kappa shape index (κ3) is 9.67. The first-order valence-electron chi connectivity index (χ1n) is 20.2. The number of amides is 4. The maximum Gasteiger partial charge on any atom is 0.408 e. The van der Waals surface area contributed by atoms with Crippen molar-refractivity contribution in [3.8, 4) is 22.9 Å². The van der Waals surface area contributed by atoms with E-state index < -0.39 is 69.3 Å². The number of nitrogens with one attached hydrogen (secondary N) is 3. The van der Waals surface area contributed by atoms with E-state index in [1.165, 1.54) is 19.0 Å². The van der Waals surface area contributed by atoms with E-state index in [1.807, 2.05) is 73.0 Å². The van der Waals surface area contributed by atoms with Crippen molar-refractivity contribution in [3.05, 3.63) is 54.6 Å². The molecule has 320 valence electrons. The van der Waals surface area contributed by atoms with Crippen LogP contribution in [0.1, 0.15) is 85.6 Å². The Hall–Kier alpha value is -5.16. The first-order chi connectivity index (χ1) is 27.8. The SMILES string of the molecule is COc1cccc(-c2cccc3c2nc(O[C@@H]2C[C@H]4C(=O)N[C@]5(C(=O)NS(=O)(=O)N(C)C)C[C@H]5/C=C\CCCCC[C@H](NC(=O)OC(C)(C)C)C(=O)N4C2)n3C(C)C)c1. The van der Waals surface area contributed by atoms with Gasteiger partial charge in [0.05, 0.1) is 19.2 Å². The molecular formula is C42H57N7O9S. The number of fused-ring (bicyclic) bond motifs is 3. The van der Waals surface area contributed by atoms with Crippen molar-refractivity contribution in [1.82, 2.24) is 34.1 Å². The van der Waals surface area contributed by atoms with Gasteiger partial charge in [-0.25, -0.2) is 9.52 Å². The largest absolute Gasteiger partial charge is 0.497 e. The predicted octanol–water partition coefficient (Wildman–Crippen LogP) is 4.85. The summed E-state index contributed by atoms with van der Waals surface area (Å²) < 4.78 is 48.2. The highest BCUT2D eigenvalue weighted by molar-refractivity contribution is 7.87. The smallest absolute Gasteiger partial charge is 0.408 e. The van der Waals surface area contributed by atoms with Gasteiger partial charge in [0.25, 0.3) is 11.9 Å². The normalized spacial score (nSPS) is 24.7. The lowest BCUT2D eigenvalue weighted by molar-refractivity contribution is -0.141. The summed E-state index contributed by atoms with van der Waals surface area (Å²) >= 11 is 0. The van der Waals surface area contributed by atoms with Crippen LogP contribution >= 0.6 is 0 Å². The molecule has 6 rings (SSSR count). The second-order valence-electron chi connectivity index (χ2n) is 17.0. The highest BCUT2D eigenvalue weighted by atomic mass is 32.2. The van der Waals surface area contributed by atoms with Gasteiger partial charge in [0.15, 0.2) is 0 Å². The van der Waals surface area contributed by atoms with Crippen LogP contribution in [0.25, 0.3) is 22.2 Å². The summed E-state index contributed by atoms with van der Waals surface area (Å²) in [5.74, 6) is -1.81. The molecular weight excluding hydrogens is 779 g/mol. The number of aromatic nitrogens is 2. The van der Waals surface area contributed by atoms with E-state index >= 15 is 0 Å². The minimum atomic E-state index is -4.18. The second-order valence-corrected chi connectivity index (χ2v) is 18.9. The maximum atomic E-state index is 14.7. The summed E-state index contributed by atoms with van der Waals surface area (Å²) in [4.78, 5) is 62.5. The number of nitrogens with zero attached hydrogens (tertiary/aromatic N) is 4. The lowest BCUT2D eigenvalue weighted by Gasteiger charge is -2.30. The number of benzene rings is 2. The van der Waals surface area contributed by atoms with Gasteiger partial charge in [-0.1, -0.05) is 49.3 Å². The first-order valence-corrected chi connectivity index (χ1v) is 21.6. The van der Waals surface area contributed by atoms with Gasteiger partial charge in [0.2, 0.25) is 11.8 Å². The Balaban J connectivity index is 1.37. The molecule has 5 atom stereocenters. The van der Waals surface area contributed by atoms with Crippen LogP contribution < -0.4 is 24.8 Å². The molecule has 0 unspecified atom stereocenters. The molecule has 3 heterocycles. The third-order valence-electron chi connectivity index (χ3n) is 10.9. The highest BCUT2D eigenvalue weighted by Crippen LogP contribution is 2.46. The molecule has 2 aromatic carbocycles. The van der Waals surface area contributed by atoms with E-state index in [9.17, 15) is 27.6 Å². The van der Waals surface area contributed by atoms with Gasteiger partial charge < -0.3 is 29.7 Å². The number of methoxy groups -OCH3 is 1. The molecule has 0 radical (unpaired) electrons. The fraction of sp³-hybridized carbons (Fsp3) is 0.548. The van der Waals surface area contributed by atoms with Gasteiger partial charge in [-0.2, -0.15) is 17.7 Å². The molecule has 4 amide bonds. The number of rotatable bonds is 9. The fourth-order valence-electron chi connectivity index (χ4n) is 7.77. The van der Waals surface area contributed by atoms with Crippen LogP contribution in [0.15, 0.2) is 54.6 Å². The van der Waals surface area contributed by atoms with Crippen molar-refractivity contribution in [3.63, 3.8) is 0 Å². The van der Waals surface area contributed by atoms with Crippen LogP contribution in [0.4, 0.5) is 4.79 Å². The van der Waals surface area contributed by atoms with E-state index in [-0.39, 0.29) is 25.4 Å². The average molecular weight is 836 g/mol. The van der Waals surface area contributed by atoms with Gasteiger partial charge in [-0.15, -0.1) is 0 Å². The molecule has 1 saturated carbocycles. The molecule has 3 aliphatic rings. The summed E-state index contributed by atoms with van der Waals surface area (Å²) in [6.07, 6.45) is 5.56. The Morgan fingerprint density at radius 3 is 2.51 bits per heavy atom. The number of carbonyl (C=O) groups excluding carboxylic acids is 4. The van der Waals surface area contributed by atoms with E-state index in [0.717, 1.165) is 33.8 Å². The number of hydrogen-bond donors (Lipinski definition) is 3. The molecule has 0 spiro atoms. The molecule has 3 aromatic rings. The number of carbonyl (C=O) groups is 4. The quantitative estimate of drug-likeness (QED) is 0.251. The maximum absolute atomic E-state index is 14.7. The van der Waals surface area contributed by atoms with Gasteiger partial charge in [-0.3, -0.25) is 19.0 Å². The Labute approximate surface area is 346 Å². The molecule has 2 aliphatic heterocycles. The number of alkyl carbamates (subject to hydrolysis) is 1. The van der Waals surface area contributed by atoms with Gasteiger partial charge in [-0.05, 0) is 84.1 Å². The summed E-state index contributed by atoms with van der Waals surface area (Å²) in [6, 6.07) is 11.6. The van der Waals surface area contributed by atoms with Crippen molar-refractivity contribution < 1.29 is 41.8 Å². The number of imidazole rings is 1. The highest BCUT2D eigenvalue weighted by Gasteiger charge is 2.62. The fourth-order valence-corrected chi connectivity index (χ4v) is 8.36. The number of ether oxygens (including phenoxy) is 3. The summed E-state index contributed by atoms with van der Waals surface area (Å²) in [5.41, 5.74) is 0.896. The lowest BCUT2D eigenvalue weighted by atomic mass is 10.0. The van der Waals surface area contributed by atoms with Crippen LogP contribution in [-0.4, -0.2) is 108 Å². The van der Waals surface area contributed by atoms with Gasteiger partial charge in [0.1, 0.15) is 40.6 Å². The lowest BCUT2D eigenvalue weighted by Crippen LogP contribution is -2.58. The van der Waals surface area contributed by atoms with Crippen molar-refractivity contribution in [2.24, 2.45) is 5.92 Å². The van der Waals surface area contributed by atoms with E-state index in [2.05, 4.69) is 15.4 Å². The van der Waals surface area contributed by atoms with Crippen LogP contribution in [0.2, 0.25) is 0 Å². The summed E-state index contributed by atoms with van der Waals surface area (Å²) in [7, 11) is 0.0180. The minimum Gasteiger partial charge on any atom is -0.497 e. The van der Waals surface area contributed by atoms with Crippen molar-refractivity contribution in [1.29, 1.82) is 0 Å². The Morgan fingerprint density at radius 1 is 1.07 bits per heavy atom. The zero-order valence-electron chi connectivity index (χ0n) is 35.1. The molecule has 1 aliphatic carbocycles. The molecule has 16 nitrogen and oxygen atoms in total. The molecule has 3 N–H and O–H groups in total. The third-order valence-corrected chi connectivity index (χ3v) is 12.3.